The fourth-order valence-corrected chi connectivity index (χ4v) is 0. The second kappa shape index (κ2) is 25.3. The molecule has 2 nitrogen and oxygen atoms in total. The number of rotatable bonds is 0. The molecule has 5 radical (unpaired) electrons. The summed E-state index contributed by atoms with van der Waals surface area (Å²) in [4.78, 5) is 0. The molecule has 0 bridgehead atoms. The maximum absolute atomic E-state index is 0. The van der Waals surface area contributed by atoms with Crippen LogP contribution >= 0.6 is 0 Å². The molecule has 0 atom stereocenters. The summed E-state index contributed by atoms with van der Waals surface area (Å²) in [7, 11) is 0. The van der Waals surface area contributed by atoms with Gasteiger partial charge in [0.2, 0.25) is 0 Å². The molecule has 0 rings (SSSR count). The van der Waals surface area contributed by atoms with Crippen molar-refractivity contribution in [2.24, 2.45) is 0 Å². The van der Waals surface area contributed by atoms with E-state index in [9.17, 15) is 0 Å². The summed E-state index contributed by atoms with van der Waals surface area (Å²) in [6, 6.07) is 0. The van der Waals surface area contributed by atoms with Gasteiger partial charge < -0.3 is 11.0 Å². The maximum Gasteiger partial charge on any atom is 0 e. The van der Waals surface area contributed by atoms with Crippen molar-refractivity contribution in [1.29, 1.82) is 0 Å². The van der Waals surface area contributed by atoms with Crippen molar-refractivity contribution in [3.05, 3.63) is 0 Å². The molecule has 0 fully saturated rings. The van der Waals surface area contributed by atoms with Gasteiger partial charge in [0.15, 0.2) is 0 Å². The zero-order chi connectivity index (χ0) is 0. The van der Waals surface area contributed by atoms with Gasteiger partial charge in [0, 0.05) is 46.2 Å². The van der Waals surface area contributed by atoms with Crippen molar-refractivity contribution in [2.45, 2.75) is 0 Å². The first-order valence-corrected chi connectivity index (χ1v) is 0. The average Bonchev–Trinajstić information content (AvgIpc) is 0. The predicted molar refractivity (Wildman–Crippen MR) is 18.7 cm³/mol. The van der Waals surface area contributed by atoms with E-state index in [0.717, 1.165) is 0 Å². The smallest absolute Gasteiger partial charge is 0 e. The van der Waals surface area contributed by atoms with E-state index in [0.29, 0.717) is 0 Å². The fraction of sp³-hybridized carbons (Fsp3) is 0. The molecule has 0 amide bonds. The van der Waals surface area contributed by atoms with Crippen molar-refractivity contribution in [3.63, 3.8) is 0 Å². The van der Waals surface area contributed by atoms with Gasteiger partial charge in [-0.25, -0.2) is 0 Å². The quantitative estimate of drug-likeness (QED) is 0.430. The molecular formula is H4LiO2Pb. The van der Waals surface area contributed by atoms with Crippen LogP contribution in [0.1, 0.15) is 0 Å². The summed E-state index contributed by atoms with van der Waals surface area (Å²) < 4.78 is 0. The summed E-state index contributed by atoms with van der Waals surface area (Å²) >= 11 is 0. The van der Waals surface area contributed by atoms with Crippen LogP contribution in [-0.2, 0) is 0 Å². The Morgan fingerprint density at radius 1 is 0.750 bits per heavy atom. The summed E-state index contributed by atoms with van der Waals surface area (Å²) in [5, 5.41) is 0. The van der Waals surface area contributed by atoms with Crippen LogP contribution in [0.4, 0.5) is 0 Å². The molecule has 21 valence electrons. The van der Waals surface area contributed by atoms with Crippen molar-refractivity contribution in [3.8, 4) is 0 Å². The molecule has 0 aliphatic carbocycles. The predicted octanol–water partition coefficient (Wildman–Crippen LogP) is -2.41. The van der Waals surface area contributed by atoms with E-state index in [-0.39, 0.29) is 57.1 Å². The van der Waals surface area contributed by atoms with Gasteiger partial charge in [-0.1, -0.05) is 0 Å². The van der Waals surface area contributed by atoms with E-state index in [2.05, 4.69) is 0 Å². The van der Waals surface area contributed by atoms with E-state index in [1.54, 1.807) is 0 Å². The molecule has 0 saturated heterocycles. The van der Waals surface area contributed by atoms with Crippen LogP contribution in [-0.4, -0.2) is 57.1 Å². The minimum absolute atomic E-state index is 0. The van der Waals surface area contributed by atoms with E-state index in [1.165, 1.54) is 0 Å². The molecule has 0 aromatic carbocycles. The second-order valence-corrected chi connectivity index (χ2v) is 0. The van der Waals surface area contributed by atoms with Gasteiger partial charge in [-0.2, -0.15) is 0 Å². The Bertz CT molecular complexity index is 6.00. The van der Waals surface area contributed by atoms with E-state index < -0.39 is 0 Å². The van der Waals surface area contributed by atoms with Crippen molar-refractivity contribution in [2.75, 3.05) is 0 Å². The first-order chi connectivity index (χ1) is 0. The van der Waals surface area contributed by atoms with Gasteiger partial charge in [-0.15, -0.1) is 0 Å². The Morgan fingerprint density at radius 3 is 0.750 bits per heavy atom. The molecule has 0 unspecified atom stereocenters. The van der Waals surface area contributed by atoms with Gasteiger partial charge in [0.05, 0.1) is 0 Å². The van der Waals surface area contributed by atoms with Crippen LogP contribution in [0.2, 0.25) is 0 Å². The van der Waals surface area contributed by atoms with Gasteiger partial charge in [0.1, 0.15) is 0 Å². The summed E-state index contributed by atoms with van der Waals surface area (Å²) in [6.07, 6.45) is 0. The third-order valence-electron chi connectivity index (χ3n) is 0. The molecule has 0 saturated carbocycles. The minimum atomic E-state index is 0. The van der Waals surface area contributed by atoms with Crippen molar-refractivity contribution in [1.82, 2.24) is 0 Å². The molecular weight excluding hydrogens is 246 g/mol. The first-order valence-electron chi connectivity index (χ1n) is 0. The summed E-state index contributed by atoms with van der Waals surface area (Å²) in [5.41, 5.74) is 0. The molecule has 0 aromatic rings. The van der Waals surface area contributed by atoms with Crippen LogP contribution in [0, 0.1) is 0 Å². The number of hydrogen-bond acceptors (Lipinski definition) is 0. The molecule has 0 heterocycles. The van der Waals surface area contributed by atoms with Crippen LogP contribution < -0.4 is 0 Å². The average molecular weight is 250 g/mol. The monoisotopic (exact) mass is 251 g/mol. The second-order valence-electron chi connectivity index (χ2n) is 0. The van der Waals surface area contributed by atoms with Gasteiger partial charge in [-0.3, -0.25) is 0 Å². The molecule has 0 spiro atoms. The van der Waals surface area contributed by atoms with Gasteiger partial charge >= 0.3 is 0 Å². The zero-order valence-corrected chi connectivity index (χ0v) is 6.39. The van der Waals surface area contributed by atoms with Crippen LogP contribution in [0.15, 0.2) is 0 Å². The Hall–Kier alpha value is 1.44. The van der Waals surface area contributed by atoms with E-state index in [4.69, 9.17) is 0 Å². The largest absolute Gasteiger partial charge is 0.412 e. The van der Waals surface area contributed by atoms with Gasteiger partial charge in [-0.05, 0) is 0 Å². The number of hydrogen-bond donors (Lipinski definition) is 0. The summed E-state index contributed by atoms with van der Waals surface area (Å²) in [6.45, 7) is 0. The Balaban J connectivity index is 0. The van der Waals surface area contributed by atoms with Crippen LogP contribution in [0.25, 0.3) is 0 Å². The molecule has 4 N–H and O–H groups in total. The normalized spacial score (nSPS) is 0. The topological polar surface area (TPSA) is 63.0 Å². The first kappa shape index (κ1) is 51.7. The van der Waals surface area contributed by atoms with Crippen molar-refractivity contribution >= 4 is 46.2 Å². The third kappa shape index (κ3) is 9.88. The molecule has 0 aromatic heterocycles. The Morgan fingerprint density at radius 2 is 0.750 bits per heavy atom. The molecule has 4 heteroatoms. The Kier molecular flexibility index (Phi) is 328. The van der Waals surface area contributed by atoms with E-state index in [1.807, 2.05) is 0 Å². The van der Waals surface area contributed by atoms with Gasteiger partial charge in [0.25, 0.3) is 0 Å². The standard InChI is InChI=1S/Li.2H2O.Pb/h;2*1H2;. The van der Waals surface area contributed by atoms with E-state index >= 15 is 0 Å². The fourth-order valence-electron chi connectivity index (χ4n) is 0. The zero-order valence-electron chi connectivity index (χ0n) is 2.50. The third-order valence-corrected chi connectivity index (χ3v) is 0. The van der Waals surface area contributed by atoms with Crippen molar-refractivity contribution < 1.29 is 11.0 Å². The molecule has 4 heavy (non-hydrogen) atoms. The maximum atomic E-state index is 0. The van der Waals surface area contributed by atoms with Crippen LogP contribution in [0.5, 0.6) is 0 Å². The summed E-state index contributed by atoms with van der Waals surface area (Å²) in [5.74, 6) is 0. The SMILES string of the molecule is O.O.[Li].[Pb]. The molecule has 0 aliphatic heterocycles. The molecule has 0 aliphatic rings. The minimum Gasteiger partial charge on any atom is -0.412 e. The Labute approximate surface area is 56.9 Å². The van der Waals surface area contributed by atoms with Crippen LogP contribution in [0.3, 0.4) is 0 Å².